The molecule has 1 saturated heterocycles. The zero-order chi connectivity index (χ0) is 16.1. The third-order valence-corrected chi connectivity index (χ3v) is 4.73. The van der Waals surface area contributed by atoms with Crippen LogP contribution in [0.25, 0.3) is 0 Å². The predicted molar refractivity (Wildman–Crippen MR) is 82.9 cm³/mol. The van der Waals surface area contributed by atoms with Gasteiger partial charge in [-0.2, -0.15) is 0 Å². The molecule has 0 unspecified atom stereocenters. The molecular weight excluding hydrogens is 304 g/mol. The first-order valence-corrected chi connectivity index (χ1v) is 8.18. The van der Waals surface area contributed by atoms with E-state index in [1.165, 1.54) is 23.2 Å². The normalized spacial score (nSPS) is 18.6. The standard InChI is InChI=1S/C15H20N2O4S/c1-11(18)17(10-14(19)20)12-4-2-7-16(8-6-12)15(21)13-5-3-9-22-13/h3,5,9,12H,2,4,6-8,10H2,1H3,(H,19,20)/t12-/m0/s1. The summed E-state index contributed by atoms with van der Waals surface area (Å²) in [5, 5.41) is 10.8. The number of thiophene rings is 1. The Morgan fingerprint density at radius 3 is 2.73 bits per heavy atom. The lowest BCUT2D eigenvalue weighted by atomic mass is 10.1. The van der Waals surface area contributed by atoms with Crippen LogP contribution in [0.4, 0.5) is 0 Å². The van der Waals surface area contributed by atoms with Gasteiger partial charge in [-0.1, -0.05) is 6.07 Å². The zero-order valence-electron chi connectivity index (χ0n) is 12.5. The van der Waals surface area contributed by atoms with Gasteiger partial charge in [0.2, 0.25) is 5.91 Å². The molecule has 0 radical (unpaired) electrons. The molecule has 1 aliphatic rings. The van der Waals surface area contributed by atoms with Crippen LogP contribution in [-0.4, -0.2) is 58.4 Å². The highest BCUT2D eigenvalue weighted by molar-refractivity contribution is 7.12. The molecule has 6 nitrogen and oxygen atoms in total. The number of nitrogens with zero attached hydrogens (tertiary/aromatic N) is 2. The van der Waals surface area contributed by atoms with Crippen molar-refractivity contribution < 1.29 is 19.5 Å². The number of carboxylic acid groups (broad SMARTS) is 1. The second-order valence-electron chi connectivity index (χ2n) is 5.39. The van der Waals surface area contributed by atoms with E-state index in [4.69, 9.17) is 5.11 Å². The number of carbonyl (C=O) groups is 3. The van der Waals surface area contributed by atoms with Crippen LogP contribution in [0.3, 0.4) is 0 Å². The first kappa shape index (κ1) is 16.5. The fourth-order valence-electron chi connectivity index (χ4n) is 2.79. The monoisotopic (exact) mass is 324 g/mol. The summed E-state index contributed by atoms with van der Waals surface area (Å²) in [6.07, 6.45) is 2.11. The summed E-state index contributed by atoms with van der Waals surface area (Å²) >= 11 is 1.42. The average Bonchev–Trinajstić information content (AvgIpc) is 2.89. The van der Waals surface area contributed by atoms with Gasteiger partial charge in [-0.3, -0.25) is 14.4 Å². The van der Waals surface area contributed by atoms with E-state index in [2.05, 4.69) is 0 Å². The van der Waals surface area contributed by atoms with Crippen molar-refractivity contribution in [3.63, 3.8) is 0 Å². The van der Waals surface area contributed by atoms with E-state index in [0.29, 0.717) is 24.4 Å². The van der Waals surface area contributed by atoms with Gasteiger partial charge in [0.1, 0.15) is 6.54 Å². The number of carbonyl (C=O) groups excluding carboxylic acids is 2. The van der Waals surface area contributed by atoms with Gasteiger partial charge in [0, 0.05) is 26.1 Å². The van der Waals surface area contributed by atoms with Crippen molar-refractivity contribution in [3.8, 4) is 0 Å². The SMILES string of the molecule is CC(=O)N(CC(=O)O)[C@H]1CCCN(C(=O)c2cccs2)CC1. The number of hydrogen-bond donors (Lipinski definition) is 1. The summed E-state index contributed by atoms with van der Waals surface area (Å²) in [4.78, 5) is 38.9. The van der Waals surface area contributed by atoms with E-state index in [9.17, 15) is 14.4 Å². The Morgan fingerprint density at radius 1 is 1.36 bits per heavy atom. The van der Waals surface area contributed by atoms with Crippen LogP contribution in [0, 0.1) is 0 Å². The van der Waals surface area contributed by atoms with E-state index in [1.807, 2.05) is 17.5 Å². The summed E-state index contributed by atoms with van der Waals surface area (Å²) in [7, 11) is 0. The van der Waals surface area contributed by atoms with Crippen molar-refractivity contribution in [2.24, 2.45) is 0 Å². The molecule has 1 N–H and O–H groups in total. The average molecular weight is 324 g/mol. The fraction of sp³-hybridized carbons (Fsp3) is 0.533. The predicted octanol–water partition coefficient (Wildman–Crippen LogP) is 1.68. The van der Waals surface area contributed by atoms with Crippen molar-refractivity contribution >= 4 is 29.1 Å². The van der Waals surface area contributed by atoms with E-state index in [1.54, 1.807) is 4.90 Å². The van der Waals surface area contributed by atoms with Crippen LogP contribution in [0.2, 0.25) is 0 Å². The molecule has 2 amide bonds. The van der Waals surface area contributed by atoms with Crippen molar-refractivity contribution in [2.45, 2.75) is 32.2 Å². The molecule has 0 bridgehead atoms. The van der Waals surface area contributed by atoms with Gasteiger partial charge in [-0.05, 0) is 30.7 Å². The van der Waals surface area contributed by atoms with Gasteiger partial charge >= 0.3 is 5.97 Å². The van der Waals surface area contributed by atoms with Crippen molar-refractivity contribution in [1.29, 1.82) is 0 Å². The largest absolute Gasteiger partial charge is 0.480 e. The smallest absolute Gasteiger partial charge is 0.323 e. The second kappa shape index (κ2) is 7.40. The van der Waals surface area contributed by atoms with Gasteiger partial charge < -0.3 is 14.9 Å². The molecule has 22 heavy (non-hydrogen) atoms. The Kier molecular flexibility index (Phi) is 5.54. The highest BCUT2D eigenvalue weighted by Crippen LogP contribution is 2.20. The maximum Gasteiger partial charge on any atom is 0.323 e. The molecule has 2 rings (SSSR count). The molecule has 0 aromatic carbocycles. The van der Waals surface area contributed by atoms with Crippen molar-refractivity contribution in [2.75, 3.05) is 19.6 Å². The van der Waals surface area contributed by atoms with Crippen LogP contribution in [0.1, 0.15) is 35.9 Å². The third kappa shape index (κ3) is 4.07. The molecule has 1 atom stereocenters. The minimum atomic E-state index is -1.01. The van der Waals surface area contributed by atoms with Gasteiger partial charge in [0.15, 0.2) is 0 Å². The number of amides is 2. The van der Waals surface area contributed by atoms with E-state index in [0.717, 1.165) is 12.8 Å². The van der Waals surface area contributed by atoms with Gasteiger partial charge in [-0.15, -0.1) is 11.3 Å². The first-order chi connectivity index (χ1) is 10.5. The summed E-state index contributed by atoms with van der Waals surface area (Å²) in [5.41, 5.74) is 0. The summed E-state index contributed by atoms with van der Waals surface area (Å²) in [6.45, 7) is 2.30. The van der Waals surface area contributed by atoms with Crippen LogP contribution in [0.5, 0.6) is 0 Å². The molecule has 0 saturated carbocycles. The fourth-order valence-corrected chi connectivity index (χ4v) is 3.48. The maximum absolute atomic E-state index is 12.4. The van der Waals surface area contributed by atoms with E-state index in [-0.39, 0.29) is 24.4 Å². The highest BCUT2D eigenvalue weighted by atomic mass is 32.1. The number of hydrogen-bond acceptors (Lipinski definition) is 4. The van der Waals surface area contributed by atoms with Crippen LogP contribution < -0.4 is 0 Å². The molecule has 120 valence electrons. The summed E-state index contributed by atoms with van der Waals surface area (Å²) in [5.74, 6) is -1.22. The van der Waals surface area contributed by atoms with Gasteiger partial charge in [0.05, 0.1) is 4.88 Å². The highest BCUT2D eigenvalue weighted by Gasteiger charge is 2.28. The van der Waals surface area contributed by atoms with E-state index < -0.39 is 5.97 Å². The Labute approximate surface area is 133 Å². The molecule has 0 spiro atoms. The summed E-state index contributed by atoms with van der Waals surface area (Å²) < 4.78 is 0. The molecule has 7 heteroatoms. The third-order valence-electron chi connectivity index (χ3n) is 3.87. The van der Waals surface area contributed by atoms with E-state index >= 15 is 0 Å². The molecule has 0 aliphatic carbocycles. The minimum absolute atomic E-state index is 0.0169. The van der Waals surface area contributed by atoms with Crippen LogP contribution in [-0.2, 0) is 9.59 Å². The molecule has 2 heterocycles. The Bertz CT molecular complexity index is 544. The molecule has 1 fully saturated rings. The molecule has 1 aromatic rings. The van der Waals surface area contributed by atoms with Crippen molar-refractivity contribution in [3.05, 3.63) is 22.4 Å². The Hall–Kier alpha value is -1.89. The molecule has 1 aliphatic heterocycles. The number of carboxylic acids is 1. The number of aliphatic carboxylic acids is 1. The number of rotatable bonds is 4. The lowest BCUT2D eigenvalue weighted by Crippen LogP contribution is -2.43. The van der Waals surface area contributed by atoms with Crippen molar-refractivity contribution in [1.82, 2.24) is 9.80 Å². The second-order valence-corrected chi connectivity index (χ2v) is 6.34. The van der Waals surface area contributed by atoms with Gasteiger partial charge in [0.25, 0.3) is 5.91 Å². The number of likely N-dealkylation sites (tertiary alicyclic amines) is 1. The zero-order valence-corrected chi connectivity index (χ0v) is 13.3. The van der Waals surface area contributed by atoms with Gasteiger partial charge in [-0.25, -0.2) is 0 Å². The first-order valence-electron chi connectivity index (χ1n) is 7.31. The molecule has 1 aromatic heterocycles. The Morgan fingerprint density at radius 2 is 2.14 bits per heavy atom. The quantitative estimate of drug-likeness (QED) is 0.914. The summed E-state index contributed by atoms with van der Waals surface area (Å²) in [6, 6.07) is 3.54. The van der Waals surface area contributed by atoms with Crippen LogP contribution >= 0.6 is 11.3 Å². The lowest BCUT2D eigenvalue weighted by molar-refractivity contribution is -0.145. The lowest BCUT2D eigenvalue weighted by Gasteiger charge is -2.28. The Balaban J connectivity index is 2.01. The van der Waals surface area contributed by atoms with Crippen LogP contribution in [0.15, 0.2) is 17.5 Å². The topological polar surface area (TPSA) is 77.9 Å². The minimum Gasteiger partial charge on any atom is -0.480 e. The maximum atomic E-state index is 12.4. The molecular formula is C15H20N2O4S.